The van der Waals surface area contributed by atoms with E-state index < -0.39 is 5.97 Å². The van der Waals surface area contributed by atoms with Gasteiger partial charge >= 0.3 is 5.97 Å². The first-order chi connectivity index (χ1) is 14.5. The van der Waals surface area contributed by atoms with Crippen molar-refractivity contribution in [2.45, 2.75) is 25.7 Å². The first kappa shape index (κ1) is 21.4. The highest BCUT2D eigenvalue weighted by Gasteiger charge is 2.14. The highest BCUT2D eigenvalue weighted by molar-refractivity contribution is 5.99. The number of rotatable bonds is 8. The van der Waals surface area contributed by atoms with Crippen LogP contribution in [0.1, 0.15) is 39.9 Å². The first-order valence-corrected chi connectivity index (χ1v) is 9.85. The fraction of sp³-hybridized carbons (Fsp3) is 0.333. The van der Waals surface area contributed by atoms with Gasteiger partial charge in [-0.3, -0.25) is 4.79 Å². The lowest BCUT2D eigenvalue weighted by atomic mass is 9.90. The highest BCUT2D eigenvalue weighted by atomic mass is 16.5. The largest absolute Gasteiger partial charge is 0.496 e. The Labute approximate surface area is 176 Å². The van der Waals surface area contributed by atoms with Gasteiger partial charge in [-0.2, -0.15) is 0 Å². The van der Waals surface area contributed by atoms with Gasteiger partial charge in [0.25, 0.3) is 0 Å². The number of fused-ring (bicyclic) bond motifs is 1. The van der Waals surface area contributed by atoms with Crippen LogP contribution in [-0.2, 0) is 22.4 Å². The molecule has 0 atom stereocenters. The number of carbonyl (C=O) groups excluding carboxylic acids is 2. The van der Waals surface area contributed by atoms with Crippen molar-refractivity contribution in [2.75, 3.05) is 27.9 Å². The summed E-state index contributed by atoms with van der Waals surface area (Å²) in [7, 11) is 4.58. The van der Waals surface area contributed by atoms with Crippen molar-refractivity contribution >= 4 is 17.8 Å². The second-order valence-electron chi connectivity index (χ2n) is 7.00. The number of aryl methyl sites for hydroxylation is 2. The molecule has 3 rings (SSSR count). The second kappa shape index (κ2) is 9.96. The van der Waals surface area contributed by atoms with Crippen LogP contribution in [-0.4, -0.2) is 39.7 Å². The zero-order valence-electron chi connectivity index (χ0n) is 17.5. The fourth-order valence-electron chi connectivity index (χ4n) is 3.52. The Balaban J connectivity index is 1.63. The Morgan fingerprint density at radius 1 is 0.867 bits per heavy atom. The molecule has 0 spiro atoms. The van der Waals surface area contributed by atoms with Gasteiger partial charge in [-0.05, 0) is 55.0 Å². The van der Waals surface area contributed by atoms with Crippen LogP contribution in [0, 0.1) is 0 Å². The number of hydrogen-bond acceptors (Lipinski definition) is 6. The topological polar surface area (TPSA) is 71.1 Å². The molecule has 158 valence electrons. The Bertz CT molecular complexity index is 960. The number of esters is 1. The molecule has 2 aromatic carbocycles. The van der Waals surface area contributed by atoms with Crippen molar-refractivity contribution in [2.24, 2.45) is 0 Å². The van der Waals surface area contributed by atoms with Crippen molar-refractivity contribution in [3.63, 3.8) is 0 Å². The highest BCUT2D eigenvalue weighted by Crippen LogP contribution is 2.35. The van der Waals surface area contributed by atoms with Gasteiger partial charge in [0.2, 0.25) is 0 Å². The molecule has 6 heteroatoms. The molecule has 1 aliphatic rings. The number of carbonyl (C=O) groups is 2. The van der Waals surface area contributed by atoms with Gasteiger partial charge in [-0.15, -0.1) is 0 Å². The zero-order chi connectivity index (χ0) is 21.5. The Morgan fingerprint density at radius 2 is 1.53 bits per heavy atom. The SMILES string of the molecule is COc1cc(OC)c(OC)cc1/C=C/C(=O)OCC(=O)c1ccc2c(c1)CCCC2. The lowest BCUT2D eigenvalue weighted by molar-refractivity contribution is -0.136. The van der Waals surface area contributed by atoms with E-state index in [0.29, 0.717) is 28.4 Å². The van der Waals surface area contributed by atoms with Crippen molar-refractivity contribution in [1.82, 2.24) is 0 Å². The average Bonchev–Trinajstić information content (AvgIpc) is 2.80. The van der Waals surface area contributed by atoms with Crippen LogP contribution in [0.25, 0.3) is 6.08 Å². The molecule has 0 N–H and O–H groups in total. The minimum atomic E-state index is -0.613. The smallest absolute Gasteiger partial charge is 0.331 e. The average molecular weight is 410 g/mol. The van der Waals surface area contributed by atoms with E-state index in [0.717, 1.165) is 19.3 Å². The molecule has 0 aliphatic heterocycles. The fourth-order valence-corrected chi connectivity index (χ4v) is 3.52. The Kier molecular flexibility index (Phi) is 7.12. The maximum atomic E-state index is 12.4. The number of Topliss-reactive ketones (excluding diaryl/α,β-unsaturated/α-hetero) is 1. The molecule has 0 bridgehead atoms. The van der Waals surface area contributed by atoms with Crippen LogP contribution in [0.5, 0.6) is 17.2 Å². The number of benzene rings is 2. The van der Waals surface area contributed by atoms with Crippen LogP contribution in [0.4, 0.5) is 0 Å². The number of methoxy groups -OCH3 is 3. The minimum absolute atomic E-state index is 0.214. The molecule has 6 nitrogen and oxygen atoms in total. The summed E-state index contributed by atoms with van der Waals surface area (Å²) in [6, 6.07) is 9.11. The molecule has 30 heavy (non-hydrogen) atoms. The summed E-state index contributed by atoms with van der Waals surface area (Å²) < 4.78 is 21.0. The number of ether oxygens (including phenoxy) is 4. The van der Waals surface area contributed by atoms with Crippen LogP contribution >= 0.6 is 0 Å². The monoisotopic (exact) mass is 410 g/mol. The van der Waals surface area contributed by atoms with Gasteiger partial charge in [0.15, 0.2) is 23.9 Å². The van der Waals surface area contributed by atoms with E-state index in [1.54, 1.807) is 18.2 Å². The maximum absolute atomic E-state index is 12.4. The quantitative estimate of drug-likeness (QED) is 0.372. The predicted molar refractivity (Wildman–Crippen MR) is 114 cm³/mol. The van der Waals surface area contributed by atoms with E-state index in [9.17, 15) is 9.59 Å². The molecule has 0 saturated carbocycles. The lowest BCUT2D eigenvalue weighted by Crippen LogP contribution is -2.14. The van der Waals surface area contributed by atoms with E-state index in [4.69, 9.17) is 18.9 Å². The maximum Gasteiger partial charge on any atom is 0.331 e. The molecule has 0 fully saturated rings. The van der Waals surface area contributed by atoms with Crippen molar-refractivity contribution < 1.29 is 28.5 Å². The summed E-state index contributed by atoms with van der Waals surface area (Å²) in [6.45, 7) is -0.301. The standard InChI is InChI=1S/C24H26O6/c1-27-21-14-23(29-3)22(28-2)13-19(21)10-11-24(26)30-15-20(25)18-9-8-16-6-4-5-7-17(16)12-18/h8-14H,4-7,15H2,1-3H3/b11-10+. The van der Waals surface area contributed by atoms with Crippen LogP contribution < -0.4 is 14.2 Å². The summed E-state index contributed by atoms with van der Waals surface area (Å²) in [5.41, 5.74) is 3.72. The molecule has 0 aromatic heterocycles. The molecule has 2 aromatic rings. The van der Waals surface area contributed by atoms with Gasteiger partial charge < -0.3 is 18.9 Å². The first-order valence-electron chi connectivity index (χ1n) is 9.85. The van der Waals surface area contributed by atoms with Crippen LogP contribution in [0.3, 0.4) is 0 Å². The normalized spacial score (nSPS) is 12.9. The number of hydrogen-bond donors (Lipinski definition) is 0. The molecule has 0 heterocycles. The summed E-state index contributed by atoms with van der Waals surface area (Å²) >= 11 is 0. The molecular formula is C24H26O6. The van der Waals surface area contributed by atoms with Gasteiger partial charge in [0, 0.05) is 23.3 Å². The molecule has 0 unspecified atom stereocenters. The zero-order valence-corrected chi connectivity index (χ0v) is 17.5. The van der Waals surface area contributed by atoms with Crippen LogP contribution in [0.2, 0.25) is 0 Å². The number of ketones is 1. The van der Waals surface area contributed by atoms with Crippen molar-refractivity contribution in [1.29, 1.82) is 0 Å². The third-order valence-corrected chi connectivity index (χ3v) is 5.15. The van der Waals surface area contributed by atoms with E-state index in [1.165, 1.54) is 45.0 Å². The predicted octanol–water partition coefficient (Wildman–Crippen LogP) is 4.03. The van der Waals surface area contributed by atoms with E-state index >= 15 is 0 Å². The summed E-state index contributed by atoms with van der Waals surface area (Å²) in [5, 5.41) is 0. The molecule has 0 saturated heterocycles. The molecule has 1 aliphatic carbocycles. The van der Waals surface area contributed by atoms with Crippen molar-refractivity contribution in [3.8, 4) is 17.2 Å². The second-order valence-corrected chi connectivity index (χ2v) is 7.00. The minimum Gasteiger partial charge on any atom is -0.496 e. The van der Waals surface area contributed by atoms with E-state index in [-0.39, 0.29) is 12.4 Å². The summed E-state index contributed by atoms with van der Waals surface area (Å²) in [5.74, 6) is 0.715. The summed E-state index contributed by atoms with van der Waals surface area (Å²) in [6.07, 6.45) is 7.19. The third kappa shape index (κ3) is 5.00. The van der Waals surface area contributed by atoms with Crippen molar-refractivity contribution in [3.05, 3.63) is 58.7 Å². The molecular weight excluding hydrogens is 384 g/mol. The van der Waals surface area contributed by atoms with Gasteiger partial charge in [0.1, 0.15) is 5.75 Å². The van der Waals surface area contributed by atoms with E-state index in [2.05, 4.69) is 0 Å². The van der Waals surface area contributed by atoms with Gasteiger partial charge in [-0.25, -0.2) is 4.79 Å². The Hall–Kier alpha value is -3.28. The van der Waals surface area contributed by atoms with Gasteiger partial charge in [0.05, 0.1) is 21.3 Å². The third-order valence-electron chi connectivity index (χ3n) is 5.15. The molecule has 0 radical (unpaired) electrons. The van der Waals surface area contributed by atoms with Gasteiger partial charge in [-0.1, -0.05) is 12.1 Å². The van der Waals surface area contributed by atoms with E-state index in [1.807, 2.05) is 18.2 Å². The lowest BCUT2D eigenvalue weighted by Gasteiger charge is -2.16. The Morgan fingerprint density at radius 3 is 2.23 bits per heavy atom. The van der Waals surface area contributed by atoms with Crippen LogP contribution in [0.15, 0.2) is 36.4 Å². The molecule has 0 amide bonds. The summed E-state index contributed by atoms with van der Waals surface area (Å²) in [4.78, 5) is 24.5.